The molecule has 20 heavy (non-hydrogen) atoms. The Kier molecular flexibility index (Phi) is 4.40. The summed E-state index contributed by atoms with van der Waals surface area (Å²) in [6.45, 7) is 0.0183. The van der Waals surface area contributed by atoms with Crippen LogP contribution < -0.4 is 11.5 Å². The van der Waals surface area contributed by atoms with Gasteiger partial charge in [0.05, 0.1) is 13.1 Å². The molecule has 2 aromatic carbocycles. The molecule has 0 fully saturated rings. The molecule has 0 aromatic heterocycles. The molecule has 0 spiro atoms. The number of hydrogen-bond acceptors (Lipinski definition) is 4. The van der Waals surface area contributed by atoms with Gasteiger partial charge in [-0.05, 0) is 11.1 Å². The second-order valence-corrected chi connectivity index (χ2v) is 4.41. The number of Topliss-reactive ketones (excluding diaryl/α,β-unsaturated/α-hetero) is 2. The average Bonchev–Trinajstić information content (AvgIpc) is 2.53. The van der Waals surface area contributed by atoms with Crippen LogP contribution in [0.25, 0.3) is 11.1 Å². The number of carbonyl (C=O) groups is 2. The zero-order valence-electron chi connectivity index (χ0n) is 11.0. The zero-order valence-corrected chi connectivity index (χ0v) is 11.0. The molecule has 0 radical (unpaired) electrons. The van der Waals surface area contributed by atoms with E-state index in [1.54, 1.807) is 24.3 Å². The van der Waals surface area contributed by atoms with Crippen molar-refractivity contribution in [2.45, 2.75) is 0 Å². The second kappa shape index (κ2) is 6.23. The van der Waals surface area contributed by atoms with E-state index in [1.165, 1.54) is 0 Å². The van der Waals surface area contributed by atoms with Gasteiger partial charge in [-0.3, -0.25) is 9.59 Å². The molecule has 4 N–H and O–H groups in total. The Morgan fingerprint density at radius 1 is 0.650 bits per heavy atom. The van der Waals surface area contributed by atoms with E-state index in [-0.39, 0.29) is 24.7 Å². The first-order valence-electron chi connectivity index (χ1n) is 6.32. The van der Waals surface area contributed by atoms with Crippen molar-refractivity contribution in [2.24, 2.45) is 11.5 Å². The number of benzene rings is 2. The molecule has 0 saturated carbocycles. The van der Waals surface area contributed by atoms with E-state index in [1.807, 2.05) is 24.3 Å². The van der Waals surface area contributed by atoms with Crippen molar-refractivity contribution in [2.75, 3.05) is 13.1 Å². The van der Waals surface area contributed by atoms with Gasteiger partial charge in [-0.25, -0.2) is 0 Å². The number of hydrogen-bond donors (Lipinski definition) is 2. The molecule has 0 aliphatic carbocycles. The maximum absolute atomic E-state index is 11.4. The van der Waals surface area contributed by atoms with Crippen LogP contribution in [0.5, 0.6) is 0 Å². The standard InChI is InChI=1S/C16H16N2O2/c17-9-15(19)13-5-1-11(2-6-13)12-3-7-14(8-4-12)16(20)10-18/h1-8H,9-10,17-18H2. The molecule has 0 aliphatic heterocycles. The van der Waals surface area contributed by atoms with Crippen molar-refractivity contribution < 1.29 is 9.59 Å². The van der Waals surface area contributed by atoms with Crippen molar-refractivity contribution >= 4 is 11.6 Å². The fraction of sp³-hybridized carbons (Fsp3) is 0.125. The van der Waals surface area contributed by atoms with Gasteiger partial charge in [0.25, 0.3) is 0 Å². The summed E-state index contributed by atoms with van der Waals surface area (Å²) in [5, 5.41) is 0. The molecular formula is C16H16N2O2. The maximum atomic E-state index is 11.4. The normalized spacial score (nSPS) is 10.3. The summed E-state index contributed by atoms with van der Waals surface area (Å²) >= 11 is 0. The molecule has 0 bridgehead atoms. The van der Waals surface area contributed by atoms with Crippen LogP contribution in [0.3, 0.4) is 0 Å². The van der Waals surface area contributed by atoms with Crippen LogP contribution >= 0.6 is 0 Å². The summed E-state index contributed by atoms with van der Waals surface area (Å²) in [6, 6.07) is 14.5. The highest BCUT2D eigenvalue weighted by molar-refractivity contribution is 5.98. The molecule has 0 atom stereocenters. The van der Waals surface area contributed by atoms with Gasteiger partial charge >= 0.3 is 0 Å². The van der Waals surface area contributed by atoms with Gasteiger partial charge in [0.1, 0.15) is 0 Å². The van der Waals surface area contributed by atoms with E-state index in [0.717, 1.165) is 11.1 Å². The summed E-state index contributed by atoms with van der Waals surface area (Å²) in [5.41, 5.74) is 13.8. The first kappa shape index (κ1) is 14.1. The molecule has 0 unspecified atom stereocenters. The van der Waals surface area contributed by atoms with Crippen molar-refractivity contribution in [3.8, 4) is 11.1 Å². The van der Waals surface area contributed by atoms with Crippen LogP contribution in [-0.4, -0.2) is 24.7 Å². The average molecular weight is 268 g/mol. The molecule has 0 heterocycles. The topological polar surface area (TPSA) is 86.2 Å². The molecule has 0 amide bonds. The lowest BCUT2D eigenvalue weighted by atomic mass is 10.0. The lowest BCUT2D eigenvalue weighted by Crippen LogP contribution is -2.13. The number of rotatable bonds is 5. The predicted octanol–water partition coefficient (Wildman–Crippen LogP) is 1.64. The predicted molar refractivity (Wildman–Crippen MR) is 78.6 cm³/mol. The lowest BCUT2D eigenvalue weighted by molar-refractivity contribution is 0.0993. The van der Waals surface area contributed by atoms with E-state index < -0.39 is 0 Å². The van der Waals surface area contributed by atoms with Crippen LogP contribution in [-0.2, 0) is 0 Å². The number of nitrogens with two attached hydrogens (primary N) is 2. The van der Waals surface area contributed by atoms with Crippen molar-refractivity contribution in [3.05, 3.63) is 59.7 Å². The third-order valence-electron chi connectivity index (χ3n) is 3.12. The van der Waals surface area contributed by atoms with E-state index in [0.29, 0.717) is 11.1 Å². The van der Waals surface area contributed by atoms with E-state index in [9.17, 15) is 9.59 Å². The largest absolute Gasteiger partial charge is 0.324 e. The Hall–Kier alpha value is -2.30. The van der Waals surface area contributed by atoms with E-state index in [2.05, 4.69) is 0 Å². The molecule has 2 rings (SSSR count). The molecular weight excluding hydrogens is 252 g/mol. The maximum Gasteiger partial charge on any atom is 0.176 e. The SMILES string of the molecule is NCC(=O)c1ccc(-c2ccc(C(=O)CN)cc2)cc1. The fourth-order valence-corrected chi connectivity index (χ4v) is 1.93. The third kappa shape index (κ3) is 2.99. The van der Waals surface area contributed by atoms with Gasteiger partial charge in [0.15, 0.2) is 11.6 Å². The lowest BCUT2D eigenvalue weighted by Gasteiger charge is -2.05. The molecule has 102 valence electrons. The van der Waals surface area contributed by atoms with Crippen molar-refractivity contribution in [1.82, 2.24) is 0 Å². The summed E-state index contributed by atoms with van der Waals surface area (Å²) in [4.78, 5) is 22.9. The Morgan fingerprint density at radius 2 is 0.950 bits per heavy atom. The summed E-state index contributed by atoms with van der Waals surface area (Å²) in [7, 11) is 0. The molecule has 0 saturated heterocycles. The molecule has 2 aromatic rings. The van der Waals surface area contributed by atoms with Gasteiger partial charge in [-0.2, -0.15) is 0 Å². The minimum atomic E-state index is -0.0829. The monoisotopic (exact) mass is 268 g/mol. The van der Waals surface area contributed by atoms with Gasteiger partial charge in [-0.15, -0.1) is 0 Å². The fourth-order valence-electron chi connectivity index (χ4n) is 1.93. The quantitative estimate of drug-likeness (QED) is 0.807. The Bertz CT molecular complexity index is 558. The van der Waals surface area contributed by atoms with Crippen molar-refractivity contribution in [1.29, 1.82) is 0 Å². The minimum absolute atomic E-state index is 0.00917. The van der Waals surface area contributed by atoms with Crippen LogP contribution in [0, 0.1) is 0 Å². The molecule has 4 heteroatoms. The smallest absolute Gasteiger partial charge is 0.176 e. The first-order chi connectivity index (χ1) is 9.65. The summed E-state index contributed by atoms with van der Waals surface area (Å²) in [5.74, 6) is -0.166. The van der Waals surface area contributed by atoms with Gasteiger partial charge in [0.2, 0.25) is 0 Å². The zero-order chi connectivity index (χ0) is 14.5. The number of ketones is 2. The summed E-state index contributed by atoms with van der Waals surface area (Å²) < 4.78 is 0. The van der Waals surface area contributed by atoms with Gasteiger partial charge in [-0.1, -0.05) is 48.5 Å². The Morgan fingerprint density at radius 3 is 1.20 bits per heavy atom. The van der Waals surface area contributed by atoms with Gasteiger partial charge in [0, 0.05) is 11.1 Å². The Balaban J connectivity index is 2.23. The molecule has 0 aliphatic rings. The highest BCUT2D eigenvalue weighted by Crippen LogP contribution is 2.20. The minimum Gasteiger partial charge on any atom is -0.324 e. The van der Waals surface area contributed by atoms with E-state index >= 15 is 0 Å². The van der Waals surface area contributed by atoms with Crippen LogP contribution in [0.15, 0.2) is 48.5 Å². The van der Waals surface area contributed by atoms with Crippen LogP contribution in [0.1, 0.15) is 20.7 Å². The van der Waals surface area contributed by atoms with Crippen LogP contribution in [0.2, 0.25) is 0 Å². The Labute approximate surface area is 117 Å². The third-order valence-corrected chi connectivity index (χ3v) is 3.12. The van der Waals surface area contributed by atoms with E-state index in [4.69, 9.17) is 11.5 Å². The van der Waals surface area contributed by atoms with Crippen molar-refractivity contribution in [3.63, 3.8) is 0 Å². The second-order valence-electron chi connectivity index (χ2n) is 4.41. The first-order valence-corrected chi connectivity index (χ1v) is 6.32. The number of carbonyl (C=O) groups excluding carboxylic acids is 2. The van der Waals surface area contributed by atoms with Gasteiger partial charge < -0.3 is 11.5 Å². The molecule has 4 nitrogen and oxygen atoms in total. The van der Waals surface area contributed by atoms with Crippen LogP contribution in [0.4, 0.5) is 0 Å². The summed E-state index contributed by atoms with van der Waals surface area (Å²) in [6.07, 6.45) is 0. The highest BCUT2D eigenvalue weighted by atomic mass is 16.1. The highest BCUT2D eigenvalue weighted by Gasteiger charge is 2.05.